The largest absolute Gasteiger partial charge is 0.454 e. The molecule has 1 unspecified atom stereocenters. The molecule has 2 aliphatic rings. The van der Waals surface area contributed by atoms with Gasteiger partial charge in [-0.2, -0.15) is 5.26 Å². The molecular weight excluding hydrogens is 530 g/mol. The smallest absolute Gasteiger partial charge is 0.147 e. The number of pyridine rings is 1. The standard InChI is InChI=1S/C34H36ClN5O/c1-23-21-39(22-27-10-12-34(2,3)18-31(27)24-4-7-28(35)8-5-24)14-15-40(23)29-9-6-26(19-36)32(17-29)41-30-16-25-11-13-37-33(25)38-20-30/h4-9,11,13,16-17,20,23H,10,12,14-15,18,21-22H2,1-3H3,(H,37,38). The van der Waals surface area contributed by atoms with E-state index in [9.17, 15) is 5.26 Å². The van der Waals surface area contributed by atoms with E-state index in [1.807, 2.05) is 48.7 Å². The summed E-state index contributed by atoms with van der Waals surface area (Å²) in [7, 11) is 0. The number of aromatic amines is 1. The summed E-state index contributed by atoms with van der Waals surface area (Å²) in [6, 6.07) is 20.8. The number of hydrogen-bond donors (Lipinski definition) is 1. The van der Waals surface area contributed by atoms with E-state index < -0.39 is 0 Å². The molecule has 1 N–H and O–H groups in total. The summed E-state index contributed by atoms with van der Waals surface area (Å²) in [6.07, 6.45) is 7.00. The number of anilines is 1. The number of allylic oxidation sites excluding steroid dienone is 1. The second-order valence-electron chi connectivity index (χ2n) is 12.2. The third-order valence-electron chi connectivity index (χ3n) is 8.52. The Morgan fingerprint density at radius 3 is 2.73 bits per heavy atom. The van der Waals surface area contributed by atoms with Gasteiger partial charge in [0.1, 0.15) is 23.2 Å². The first kappa shape index (κ1) is 27.4. The zero-order chi connectivity index (χ0) is 28.6. The lowest BCUT2D eigenvalue weighted by Gasteiger charge is -2.43. The lowest BCUT2D eigenvalue weighted by Crippen LogP contribution is -2.52. The number of H-pyrrole nitrogens is 1. The predicted molar refractivity (Wildman–Crippen MR) is 167 cm³/mol. The lowest BCUT2D eigenvalue weighted by atomic mass is 9.72. The molecule has 6 nitrogen and oxygen atoms in total. The molecule has 1 aliphatic heterocycles. The van der Waals surface area contributed by atoms with Crippen molar-refractivity contribution in [2.45, 2.75) is 46.1 Å². The van der Waals surface area contributed by atoms with Crippen molar-refractivity contribution >= 4 is 33.9 Å². The van der Waals surface area contributed by atoms with Gasteiger partial charge in [-0.25, -0.2) is 4.98 Å². The number of nitriles is 1. The highest BCUT2D eigenvalue weighted by atomic mass is 35.5. The number of aromatic nitrogens is 2. The zero-order valence-corrected chi connectivity index (χ0v) is 24.7. The van der Waals surface area contributed by atoms with Crippen molar-refractivity contribution in [2.24, 2.45) is 5.41 Å². The first-order valence-electron chi connectivity index (χ1n) is 14.4. The van der Waals surface area contributed by atoms with Crippen LogP contribution in [-0.4, -0.2) is 47.1 Å². The van der Waals surface area contributed by atoms with Gasteiger partial charge < -0.3 is 14.6 Å². The second-order valence-corrected chi connectivity index (χ2v) is 12.6. The Kier molecular flexibility index (Phi) is 7.50. The van der Waals surface area contributed by atoms with Gasteiger partial charge in [0.25, 0.3) is 0 Å². The number of benzene rings is 2. The number of piperazine rings is 1. The zero-order valence-electron chi connectivity index (χ0n) is 24.0. The van der Waals surface area contributed by atoms with E-state index in [1.165, 1.54) is 17.6 Å². The number of hydrogen-bond acceptors (Lipinski definition) is 5. The van der Waals surface area contributed by atoms with Crippen molar-refractivity contribution in [2.75, 3.05) is 31.1 Å². The van der Waals surface area contributed by atoms with Gasteiger partial charge in [0.2, 0.25) is 0 Å². The number of nitrogens with one attached hydrogen (secondary N) is 1. The molecule has 4 aromatic rings. The normalized spacial score (nSPS) is 19.4. The van der Waals surface area contributed by atoms with E-state index in [0.29, 0.717) is 28.5 Å². The fourth-order valence-electron chi connectivity index (χ4n) is 6.26. The summed E-state index contributed by atoms with van der Waals surface area (Å²) in [6.45, 7) is 10.9. The number of fused-ring (bicyclic) bond motifs is 1. The van der Waals surface area contributed by atoms with Gasteiger partial charge in [0.15, 0.2) is 0 Å². The third-order valence-corrected chi connectivity index (χ3v) is 8.78. The Morgan fingerprint density at radius 2 is 1.95 bits per heavy atom. The summed E-state index contributed by atoms with van der Waals surface area (Å²) in [5.74, 6) is 1.17. The number of rotatable bonds is 6. The molecule has 41 heavy (non-hydrogen) atoms. The quantitative estimate of drug-likeness (QED) is 0.256. The van der Waals surface area contributed by atoms with Crippen molar-refractivity contribution in [1.29, 1.82) is 5.26 Å². The minimum absolute atomic E-state index is 0.309. The van der Waals surface area contributed by atoms with Crippen molar-refractivity contribution in [3.05, 3.63) is 88.7 Å². The summed E-state index contributed by atoms with van der Waals surface area (Å²) in [4.78, 5) is 12.5. The van der Waals surface area contributed by atoms with Crippen molar-refractivity contribution in [3.63, 3.8) is 0 Å². The summed E-state index contributed by atoms with van der Waals surface area (Å²) in [5.41, 5.74) is 7.07. The Labute approximate surface area is 247 Å². The van der Waals surface area contributed by atoms with E-state index in [0.717, 1.165) is 60.8 Å². The molecule has 0 saturated carbocycles. The summed E-state index contributed by atoms with van der Waals surface area (Å²) in [5, 5.41) is 11.5. The summed E-state index contributed by atoms with van der Waals surface area (Å²) >= 11 is 6.21. The molecule has 2 aromatic heterocycles. The fourth-order valence-corrected chi connectivity index (χ4v) is 6.39. The molecule has 1 atom stereocenters. The fraction of sp³-hybridized carbons (Fsp3) is 0.353. The van der Waals surface area contributed by atoms with Crippen LogP contribution in [0.3, 0.4) is 0 Å². The van der Waals surface area contributed by atoms with Crippen molar-refractivity contribution in [1.82, 2.24) is 14.9 Å². The highest BCUT2D eigenvalue weighted by Gasteiger charge is 2.30. The molecule has 0 spiro atoms. The van der Waals surface area contributed by atoms with Gasteiger partial charge in [-0.15, -0.1) is 0 Å². The maximum absolute atomic E-state index is 9.75. The van der Waals surface area contributed by atoms with Crippen LogP contribution in [-0.2, 0) is 0 Å². The van der Waals surface area contributed by atoms with E-state index in [4.69, 9.17) is 16.3 Å². The first-order valence-corrected chi connectivity index (χ1v) is 14.8. The van der Waals surface area contributed by atoms with Crippen LogP contribution < -0.4 is 9.64 Å². The Hall–Kier alpha value is -3.79. The lowest BCUT2D eigenvalue weighted by molar-refractivity contribution is 0.237. The SMILES string of the molecule is CC1CN(CC2=C(c3ccc(Cl)cc3)CC(C)(C)CC2)CCN1c1ccc(C#N)c(Oc2cnc3[nH]ccc3c2)c1. The van der Waals surface area contributed by atoms with Crippen LogP contribution in [0, 0.1) is 16.7 Å². The average Bonchev–Trinajstić information content (AvgIpc) is 3.42. The van der Waals surface area contributed by atoms with Gasteiger partial charge in [-0.3, -0.25) is 4.90 Å². The monoisotopic (exact) mass is 565 g/mol. The summed E-state index contributed by atoms with van der Waals surface area (Å²) < 4.78 is 6.19. The molecule has 7 heteroatoms. The topological polar surface area (TPSA) is 68.2 Å². The van der Waals surface area contributed by atoms with E-state index in [1.54, 1.807) is 11.8 Å². The van der Waals surface area contributed by atoms with Crippen LogP contribution >= 0.6 is 11.6 Å². The predicted octanol–water partition coefficient (Wildman–Crippen LogP) is 8.05. The molecule has 0 radical (unpaired) electrons. The third kappa shape index (κ3) is 5.98. The minimum Gasteiger partial charge on any atom is -0.454 e. The minimum atomic E-state index is 0.309. The van der Waals surface area contributed by atoms with Gasteiger partial charge in [-0.05, 0) is 79.1 Å². The molecular formula is C34H36ClN5O. The second kappa shape index (κ2) is 11.2. The van der Waals surface area contributed by atoms with E-state index >= 15 is 0 Å². The molecule has 6 rings (SSSR count). The van der Waals surface area contributed by atoms with Gasteiger partial charge in [0, 0.05) is 60.6 Å². The van der Waals surface area contributed by atoms with Crippen LogP contribution in [0.2, 0.25) is 5.02 Å². The Balaban J connectivity index is 1.18. The average molecular weight is 566 g/mol. The number of nitrogens with zero attached hydrogens (tertiary/aromatic N) is 4. The van der Waals surface area contributed by atoms with Crippen LogP contribution in [0.15, 0.2) is 72.6 Å². The van der Waals surface area contributed by atoms with Gasteiger partial charge in [-0.1, -0.05) is 43.2 Å². The number of ether oxygens (including phenoxy) is 1. The number of halogens is 1. The Bertz CT molecular complexity index is 1630. The van der Waals surface area contributed by atoms with Crippen molar-refractivity contribution < 1.29 is 4.74 Å². The van der Waals surface area contributed by atoms with Gasteiger partial charge >= 0.3 is 0 Å². The maximum Gasteiger partial charge on any atom is 0.147 e. The van der Waals surface area contributed by atoms with Crippen LogP contribution in [0.1, 0.15) is 51.2 Å². The van der Waals surface area contributed by atoms with E-state index in [2.05, 4.69) is 58.7 Å². The molecule has 0 amide bonds. The molecule has 1 fully saturated rings. The van der Waals surface area contributed by atoms with Gasteiger partial charge in [0.05, 0.1) is 11.8 Å². The molecule has 1 aliphatic carbocycles. The van der Waals surface area contributed by atoms with Crippen LogP contribution in [0.5, 0.6) is 11.5 Å². The molecule has 0 bridgehead atoms. The maximum atomic E-state index is 9.75. The highest BCUT2D eigenvalue weighted by Crippen LogP contribution is 2.43. The first-order chi connectivity index (χ1) is 19.8. The Morgan fingerprint density at radius 1 is 1.12 bits per heavy atom. The van der Waals surface area contributed by atoms with E-state index in [-0.39, 0.29) is 0 Å². The van der Waals surface area contributed by atoms with Crippen LogP contribution in [0.4, 0.5) is 5.69 Å². The highest BCUT2D eigenvalue weighted by molar-refractivity contribution is 6.30. The van der Waals surface area contributed by atoms with Crippen LogP contribution in [0.25, 0.3) is 16.6 Å². The molecule has 1 saturated heterocycles. The molecule has 210 valence electrons. The van der Waals surface area contributed by atoms with Crippen molar-refractivity contribution in [3.8, 4) is 17.6 Å². The molecule has 3 heterocycles. The molecule has 2 aromatic carbocycles.